The fourth-order valence-corrected chi connectivity index (χ4v) is 1.90. The van der Waals surface area contributed by atoms with Gasteiger partial charge in [0, 0.05) is 6.08 Å². The molecule has 0 N–H and O–H groups in total. The molecule has 25 heavy (non-hydrogen) atoms. The summed E-state index contributed by atoms with van der Waals surface area (Å²) < 4.78 is 14.5. The van der Waals surface area contributed by atoms with Crippen molar-refractivity contribution < 1.29 is 23.8 Å². The van der Waals surface area contributed by atoms with E-state index in [1.54, 1.807) is 36.4 Å². The van der Waals surface area contributed by atoms with Gasteiger partial charge in [-0.15, -0.1) is 0 Å². The molecule has 0 saturated heterocycles. The predicted octanol–water partition coefficient (Wildman–Crippen LogP) is 3.47. The summed E-state index contributed by atoms with van der Waals surface area (Å²) in [6.07, 6.45) is 0.133. The lowest BCUT2D eigenvalue weighted by Gasteiger charge is -2.07. The SMILES string of the molecule is C=CC(=O)OCCOC(=O)Oc1ccc(-c2ccc(C#N)cc2)cc1. The molecule has 0 spiro atoms. The largest absolute Gasteiger partial charge is 0.513 e. The highest BCUT2D eigenvalue weighted by Gasteiger charge is 2.07. The van der Waals surface area contributed by atoms with Crippen LogP contribution in [0.15, 0.2) is 61.2 Å². The maximum absolute atomic E-state index is 11.5. The fraction of sp³-hybridized carbons (Fsp3) is 0.105. The van der Waals surface area contributed by atoms with Gasteiger partial charge in [-0.25, -0.2) is 9.59 Å². The highest BCUT2D eigenvalue weighted by atomic mass is 16.7. The Bertz CT molecular complexity index is 788. The molecule has 0 aliphatic heterocycles. The molecular weight excluding hydrogens is 322 g/mol. The molecule has 0 atom stereocenters. The first-order chi connectivity index (χ1) is 12.1. The monoisotopic (exact) mass is 337 g/mol. The van der Waals surface area contributed by atoms with Crippen LogP contribution in [0.2, 0.25) is 0 Å². The Labute approximate surface area is 144 Å². The molecule has 6 nitrogen and oxygen atoms in total. The van der Waals surface area contributed by atoms with Gasteiger partial charge < -0.3 is 14.2 Å². The number of hydrogen-bond acceptors (Lipinski definition) is 6. The van der Waals surface area contributed by atoms with Crippen LogP contribution in [0.1, 0.15) is 5.56 Å². The number of esters is 1. The first kappa shape index (κ1) is 17.8. The van der Waals surface area contributed by atoms with Gasteiger partial charge in [-0.1, -0.05) is 30.8 Å². The van der Waals surface area contributed by atoms with Gasteiger partial charge in [0.15, 0.2) is 0 Å². The molecule has 0 amide bonds. The standard InChI is InChI=1S/C19H15NO5/c1-2-18(21)23-11-12-24-19(22)25-17-9-7-16(8-10-17)15-5-3-14(13-20)4-6-15/h2-10H,1,11-12H2. The Morgan fingerprint density at radius 2 is 1.52 bits per heavy atom. The lowest BCUT2D eigenvalue weighted by molar-refractivity contribution is -0.138. The molecule has 126 valence electrons. The van der Waals surface area contributed by atoms with E-state index in [4.69, 9.17) is 14.7 Å². The topological polar surface area (TPSA) is 85.6 Å². The van der Waals surface area contributed by atoms with Crippen LogP contribution < -0.4 is 4.74 Å². The van der Waals surface area contributed by atoms with Crippen LogP contribution in [0, 0.1) is 11.3 Å². The number of nitriles is 1. The Morgan fingerprint density at radius 3 is 2.08 bits per heavy atom. The number of ether oxygens (including phenoxy) is 3. The van der Waals surface area contributed by atoms with Crippen molar-refractivity contribution in [2.75, 3.05) is 13.2 Å². The summed E-state index contributed by atoms with van der Waals surface area (Å²) in [5.74, 6) is -0.263. The molecule has 2 aromatic carbocycles. The van der Waals surface area contributed by atoms with Gasteiger partial charge in [-0.3, -0.25) is 0 Å². The lowest BCUT2D eigenvalue weighted by atomic mass is 10.0. The average molecular weight is 337 g/mol. The van der Waals surface area contributed by atoms with E-state index in [-0.39, 0.29) is 13.2 Å². The highest BCUT2D eigenvalue weighted by molar-refractivity contribution is 5.81. The summed E-state index contributed by atoms with van der Waals surface area (Å²) in [6, 6.07) is 16.0. The van der Waals surface area contributed by atoms with Gasteiger partial charge in [0.2, 0.25) is 0 Å². The molecule has 0 unspecified atom stereocenters. The van der Waals surface area contributed by atoms with E-state index in [9.17, 15) is 9.59 Å². The molecule has 0 saturated carbocycles. The van der Waals surface area contributed by atoms with Crippen LogP contribution in [0.25, 0.3) is 11.1 Å². The minimum Gasteiger partial charge on any atom is -0.459 e. The van der Waals surface area contributed by atoms with Crippen LogP contribution >= 0.6 is 0 Å². The highest BCUT2D eigenvalue weighted by Crippen LogP contribution is 2.23. The number of nitrogens with zero attached hydrogens (tertiary/aromatic N) is 1. The molecule has 0 aliphatic rings. The smallest absolute Gasteiger partial charge is 0.459 e. The molecule has 0 aromatic heterocycles. The number of rotatable bonds is 6. The Morgan fingerprint density at radius 1 is 0.960 bits per heavy atom. The quantitative estimate of drug-likeness (QED) is 0.347. The van der Waals surface area contributed by atoms with E-state index in [0.29, 0.717) is 11.3 Å². The summed E-state index contributed by atoms with van der Waals surface area (Å²) in [4.78, 5) is 22.3. The molecule has 0 radical (unpaired) electrons. The molecule has 0 bridgehead atoms. The zero-order valence-corrected chi connectivity index (χ0v) is 13.3. The number of carbonyl (C=O) groups is 2. The van der Waals surface area contributed by atoms with Crippen molar-refractivity contribution in [2.24, 2.45) is 0 Å². The third-order valence-corrected chi connectivity index (χ3v) is 3.12. The van der Waals surface area contributed by atoms with Crippen LogP contribution in [0.4, 0.5) is 4.79 Å². The fourth-order valence-electron chi connectivity index (χ4n) is 1.90. The van der Waals surface area contributed by atoms with Crippen LogP contribution in [0.5, 0.6) is 5.75 Å². The second-order valence-electron chi connectivity index (χ2n) is 4.79. The van der Waals surface area contributed by atoms with Crippen molar-refractivity contribution in [1.29, 1.82) is 5.26 Å². The zero-order chi connectivity index (χ0) is 18.1. The van der Waals surface area contributed by atoms with E-state index in [2.05, 4.69) is 17.4 Å². The second kappa shape index (κ2) is 8.89. The van der Waals surface area contributed by atoms with Gasteiger partial charge in [0.05, 0.1) is 11.6 Å². The molecule has 0 aliphatic carbocycles. The minimum absolute atomic E-state index is 0.0718. The van der Waals surface area contributed by atoms with Gasteiger partial charge >= 0.3 is 12.1 Å². The van der Waals surface area contributed by atoms with Gasteiger partial charge in [-0.2, -0.15) is 5.26 Å². The third-order valence-electron chi connectivity index (χ3n) is 3.12. The van der Waals surface area contributed by atoms with Crippen molar-refractivity contribution in [3.05, 3.63) is 66.7 Å². The maximum Gasteiger partial charge on any atom is 0.513 e. The molecule has 0 fully saturated rings. The summed E-state index contributed by atoms with van der Waals surface area (Å²) >= 11 is 0. The van der Waals surface area contributed by atoms with Gasteiger partial charge in [-0.05, 0) is 35.4 Å². The zero-order valence-electron chi connectivity index (χ0n) is 13.3. The van der Waals surface area contributed by atoms with E-state index in [0.717, 1.165) is 17.2 Å². The summed E-state index contributed by atoms with van der Waals surface area (Å²) in [7, 11) is 0. The molecular formula is C19H15NO5. The summed E-state index contributed by atoms with van der Waals surface area (Å²) in [5.41, 5.74) is 2.45. The van der Waals surface area contributed by atoms with Crippen LogP contribution in [-0.4, -0.2) is 25.3 Å². The van der Waals surface area contributed by atoms with Crippen molar-refractivity contribution in [1.82, 2.24) is 0 Å². The van der Waals surface area contributed by atoms with E-state index < -0.39 is 12.1 Å². The van der Waals surface area contributed by atoms with E-state index >= 15 is 0 Å². The van der Waals surface area contributed by atoms with E-state index in [1.165, 1.54) is 0 Å². The Kier molecular flexibility index (Phi) is 6.32. The van der Waals surface area contributed by atoms with Crippen LogP contribution in [-0.2, 0) is 14.3 Å². The van der Waals surface area contributed by atoms with Gasteiger partial charge in [0.25, 0.3) is 0 Å². The molecule has 2 rings (SSSR count). The summed E-state index contributed by atoms with van der Waals surface area (Å²) in [6.45, 7) is 3.07. The number of hydrogen-bond donors (Lipinski definition) is 0. The summed E-state index contributed by atoms with van der Waals surface area (Å²) in [5, 5.41) is 8.80. The third kappa shape index (κ3) is 5.52. The normalized spacial score (nSPS) is 9.56. The first-order valence-corrected chi connectivity index (χ1v) is 7.37. The van der Waals surface area contributed by atoms with Crippen molar-refractivity contribution in [3.8, 4) is 22.9 Å². The number of benzene rings is 2. The Hall–Kier alpha value is -3.59. The predicted molar refractivity (Wildman–Crippen MR) is 89.7 cm³/mol. The number of carbonyl (C=O) groups excluding carboxylic acids is 2. The van der Waals surface area contributed by atoms with Gasteiger partial charge in [0.1, 0.15) is 19.0 Å². The molecule has 6 heteroatoms. The maximum atomic E-state index is 11.5. The van der Waals surface area contributed by atoms with Crippen molar-refractivity contribution >= 4 is 12.1 Å². The second-order valence-corrected chi connectivity index (χ2v) is 4.79. The average Bonchev–Trinajstić information content (AvgIpc) is 2.65. The van der Waals surface area contributed by atoms with Crippen molar-refractivity contribution in [2.45, 2.75) is 0 Å². The lowest BCUT2D eigenvalue weighted by Crippen LogP contribution is -2.15. The molecule has 2 aromatic rings. The molecule has 0 heterocycles. The van der Waals surface area contributed by atoms with Crippen LogP contribution in [0.3, 0.4) is 0 Å². The first-order valence-electron chi connectivity index (χ1n) is 7.37. The minimum atomic E-state index is -0.888. The Balaban J connectivity index is 1.85. The van der Waals surface area contributed by atoms with Crippen molar-refractivity contribution in [3.63, 3.8) is 0 Å². The van der Waals surface area contributed by atoms with E-state index in [1.807, 2.05) is 12.1 Å².